The van der Waals surface area contributed by atoms with Crippen LogP contribution in [0.15, 0.2) is 33.5 Å². The van der Waals surface area contributed by atoms with E-state index in [0.29, 0.717) is 28.5 Å². The maximum Gasteiger partial charge on any atom is 0.347 e. The van der Waals surface area contributed by atoms with Crippen LogP contribution in [0.2, 0.25) is 5.02 Å². The van der Waals surface area contributed by atoms with Crippen LogP contribution in [0.1, 0.15) is 5.56 Å². The Morgan fingerprint density at radius 1 is 1.31 bits per heavy atom. The van der Waals surface area contributed by atoms with E-state index in [2.05, 4.69) is 0 Å². The van der Waals surface area contributed by atoms with Gasteiger partial charge in [0.1, 0.15) is 23.5 Å². The van der Waals surface area contributed by atoms with Gasteiger partial charge in [0.05, 0.1) is 5.39 Å². The summed E-state index contributed by atoms with van der Waals surface area (Å²) in [6.45, 7) is 0.456. The summed E-state index contributed by atoms with van der Waals surface area (Å²) in [4.78, 5) is 11.6. The van der Waals surface area contributed by atoms with E-state index in [-0.39, 0.29) is 5.63 Å². The standard InChI is InChI=1S/C12H7ClO3/c13-7-3-4-10-9(6-7)11-8(12(14)16-10)2-1-5-15-11/h1-4,6H,5H2. The third-order valence-electron chi connectivity index (χ3n) is 2.46. The van der Waals surface area contributed by atoms with Crippen molar-refractivity contribution in [1.29, 1.82) is 0 Å². The van der Waals surface area contributed by atoms with Gasteiger partial charge in [-0.2, -0.15) is 0 Å². The SMILES string of the molecule is O=c1oc2ccc(Cl)cc2c2c1C=CCO2. The summed E-state index contributed by atoms with van der Waals surface area (Å²) in [5.74, 6) is 0.552. The molecule has 0 radical (unpaired) electrons. The zero-order valence-electron chi connectivity index (χ0n) is 8.20. The van der Waals surface area contributed by atoms with Gasteiger partial charge in [-0.3, -0.25) is 0 Å². The molecule has 0 fully saturated rings. The van der Waals surface area contributed by atoms with Gasteiger partial charge < -0.3 is 9.15 Å². The summed E-state index contributed by atoms with van der Waals surface area (Å²) < 4.78 is 10.6. The van der Waals surface area contributed by atoms with Crippen LogP contribution in [0.3, 0.4) is 0 Å². The Balaban J connectivity index is 2.49. The zero-order valence-corrected chi connectivity index (χ0v) is 8.95. The monoisotopic (exact) mass is 234 g/mol. The molecule has 0 saturated carbocycles. The van der Waals surface area contributed by atoms with Crippen LogP contribution >= 0.6 is 11.6 Å². The second-order valence-electron chi connectivity index (χ2n) is 3.49. The minimum Gasteiger partial charge on any atom is -0.488 e. The van der Waals surface area contributed by atoms with Gasteiger partial charge in [0.15, 0.2) is 0 Å². The second-order valence-corrected chi connectivity index (χ2v) is 3.92. The van der Waals surface area contributed by atoms with Gasteiger partial charge in [-0.05, 0) is 30.4 Å². The Bertz CT molecular complexity index is 655. The van der Waals surface area contributed by atoms with E-state index in [4.69, 9.17) is 20.8 Å². The molecule has 1 aliphatic heterocycles. The summed E-state index contributed by atoms with van der Waals surface area (Å²) in [5.41, 5.74) is 0.547. The molecule has 1 aromatic carbocycles. The van der Waals surface area contributed by atoms with Crippen molar-refractivity contribution in [1.82, 2.24) is 0 Å². The molecule has 1 aromatic heterocycles. The van der Waals surface area contributed by atoms with Gasteiger partial charge in [-0.1, -0.05) is 11.6 Å². The highest BCUT2D eigenvalue weighted by atomic mass is 35.5. The summed E-state index contributed by atoms with van der Waals surface area (Å²) >= 11 is 5.91. The van der Waals surface area contributed by atoms with Crippen molar-refractivity contribution >= 4 is 28.6 Å². The number of halogens is 1. The predicted molar refractivity (Wildman–Crippen MR) is 62.0 cm³/mol. The van der Waals surface area contributed by atoms with Gasteiger partial charge in [-0.15, -0.1) is 0 Å². The average molecular weight is 235 g/mol. The van der Waals surface area contributed by atoms with Gasteiger partial charge in [0.25, 0.3) is 0 Å². The minimum atomic E-state index is -0.388. The molecular formula is C12H7ClO3. The van der Waals surface area contributed by atoms with Crippen LogP contribution in [-0.4, -0.2) is 6.61 Å². The first-order valence-electron chi connectivity index (χ1n) is 4.81. The zero-order chi connectivity index (χ0) is 11.1. The predicted octanol–water partition coefficient (Wildman–Crippen LogP) is 2.85. The van der Waals surface area contributed by atoms with E-state index in [1.54, 1.807) is 30.4 Å². The normalized spacial score (nSPS) is 13.6. The molecule has 0 bridgehead atoms. The summed E-state index contributed by atoms with van der Waals surface area (Å²) in [6, 6.07) is 5.08. The Morgan fingerprint density at radius 3 is 3.06 bits per heavy atom. The van der Waals surface area contributed by atoms with Crippen LogP contribution in [-0.2, 0) is 0 Å². The van der Waals surface area contributed by atoms with Crippen molar-refractivity contribution in [3.8, 4) is 5.75 Å². The van der Waals surface area contributed by atoms with Crippen LogP contribution in [0.5, 0.6) is 5.75 Å². The van der Waals surface area contributed by atoms with Crippen LogP contribution < -0.4 is 10.4 Å². The molecule has 2 heterocycles. The lowest BCUT2D eigenvalue weighted by molar-refractivity contribution is 0.358. The molecule has 80 valence electrons. The Morgan fingerprint density at radius 2 is 2.19 bits per heavy atom. The molecule has 0 spiro atoms. The highest BCUT2D eigenvalue weighted by Gasteiger charge is 2.16. The van der Waals surface area contributed by atoms with E-state index in [1.165, 1.54) is 0 Å². The van der Waals surface area contributed by atoms with Crippen LogP contribution in [0.25, 0.3) is 17.0 Å². The van der Waals surface area contributed by atoms with Crippen molar-refractivity contribution in [3.63, 3.8) is 0 Å². The Hall–Kier alpha value is -1.74. The number of benzene rings is 1. The summed E-state index contributed by atoms with van der Waals surface area (Å²) in [7, 11) is 0. The molecule has 2 aromatic rings. The number of hydrogen-bond acceptors (Lipinski definition) is 3. The van der Waals surface area contributed by atoms with Crippen LogP contribution in [0.4, 0.5) is 0 Å². The second kappa shape index (κ2) is 3.39. The fraction of sp³-hybridized carbons (Fsp3) is 0.0833. The molecule has 0 unspecified atom stereocenters. The quantitative estimate of drug-likeness (QED) is 0.658. The molecule has 1 aliphatic rings. The molecule has 4 heteroatoms. The first kappa shape index (κ1) is 9.48. The molecular weight excluding hydrogens is 228 g/mol. The third-order valence-corrected chi connectivity index (χ3v) is 2.70. The highest BCUT2D eigenvalue weighted by Crippen LogP contribution is 2.32. The highest BCUT2D eigenvalue weighted by molar-refractivity contribution is 6.31. The van der Waals surface area contributed by atoms with Crippen molar-refractivity contribution in [2.45, 2.75) is 0 Å². The van der Waals surface area contributed by atoms with Gasteiger partial charge in [-0.25, -0.2) is 4.79 Å². The Kier molecular flexibility index (Phi) is 2.01. The smallest absolute Gasteiger partial charge is 0.347 e. The molecule has 3 rings (SSSR count). The topological polar surface area (TPSA) is 39.4 Å². The number of ether oxygens (including phenoxy) is 1. The maximum absolute atomic E-state index is 11.6. The molecule has 0 atom stereocenters. The average Bonchev–Trinajstić information content (AvgIpc) is 2.31. The van der Waals surface area contributed by atoms with Crippen molar-refractivity contribution in [2.75, 3.05) is 6.61 Å². The van der Waals surface area contributed by atoms with E-state index in [0.717, 1.165) is 5.39 Å². The van der Waals surface area contributed by atoms with E-state index < -0.39 is 0 Å². The molecule has 3 nitrogen and oxygen atoms in total. The molecule has 0 amide bonds. The maximum atomic E-state index is 11.6. The first-order chi connectivity index (χ1) is 7.75. The van der Waals surface area contributed by atoms with Crippen molar-refractivity contribution in [2.24, 2.45) is 0 Å². The molecule has 0 N–H and O–H groups in total. The lowest BCUT2D eigenvalue weighted by Gasteiger charge is -2.13. The number of rotatable bonds is 0. The van der Waals surface area contributed by atoms with E-state index >= 15 is 0 Å². The van der Waals surface area contributed by atoms with E-state index in [1.807, 2.05) is 0 Å². The van der Waals surface area contributed by atoms with Crippen LogP contribution in [0, 0.1) is 0 Å². The minimum absolute atomic E-state index is 0.388. The third kappa shape index (κ3) is 1.32. The fourth-order valence-corrected chi connectivity index (χ4v) is 1.93. The number of fused-ring (bicyclic) bond motifs is 3. The summed E-state index contributed by atoms with van der Waals surface area (Å²) in [6.07, 6.45) is 3.49. The van der Waals surface area contributed by atoms with E-state index in [9.17, 15) is 4.79 Å². The van der Waals surface area contributed by atoms with Gasteiger partial charge >= 0.3 is 5.63 Å². The van der Waals surface area contributed by atoms with Crippen molar-refractivity contribution in [3.05, 3.63) is 45.3 Å². The molecule has 16 heavy (non-hydrogen) atoms. The lowest BCUT2D eigenvalue weighted by atomic mass is 10.1. The van der Waals surface area contributed by atoms with Gasteiger partial charge in [0.2, 0.25) is 0 Å². The Labute approximate surface area is 95.9 Å². The molecule has 0 aliphatic carbocycles. The summed E-state index contributed by atoms with van der Waals surface area (Å²) in [5, 5.41) is 1.31. The fourth-order valence-electron chi connectivity index (χ4n) is 1.76. The van der Waals surface area contributed by atoms with Gasteiger partial charge in [0, 0.05) is 5.02 Å². The largest absolute Gasteiger partial charge is 0.488 e. The number of hydrogen-bond donors (Lipinski definition) is 0. The van der Waals surface area contributed by atoms with Crippen molar-refractivity contribution < 1.29 is 9.15 Å². The molecule has 0 saturated heterocycles. The first-order valence-corrected chi connectivity index (χ1v) is 5.19. The lowest BCUT2D eigenvalue weighted by Crippen LogP contribution is -2.11.